The number of hydrogen-bond acceptors (Lipinski definition) is 5. The van der Waals surface area contributed by atoms with E-state index in [0.717, 1.165) is 4.90 Å². The molecule has 0 saturated carbocycles. The number of fused-ring (bicyclic) bond motifs is 1. The van der Waals surface area contributed by atoms with Crippen LogP contribution in [0.2, 0.25) is 0 Å². The molecule has 2 saturated heterocycles. The van der Waals surface area contributed by atoms with Gasteiger partial charge in [-0.15, -0.1) is 0 Å². The molecule has 4 N–H and O–H groups in total. The smallest absolute Gasteiger partial charge is 0.396 e. The second-order valence-electron chi connectivity index (χ2n) is 4.98. The zero-order valence-corrected chi connectivity index (χ0v) is 9.46. The van der Waals surface area contributed by atoms with Gasteiger partial charge < -0.3 is 20.4 Å². The van der Waals surface area contributed by atoms with Crippen LogP contribution in [0.5, 0.6) is 0 Å². The Balaban J connectivity index is 2.31. The average molecular weight is 271 g/mol. The third-order valence-electron chi connectivity index (χ3n) is 3.84. The zero-order valence-electron chi connectivity index (χ0n) is 9.46. The fourth-order valence-corrected chi connectivity index (χ4v) is 3.10. The summed E-state index contributed by atoms with van der Waals surface area (Å²) < 4.78 is 39.0. The van der Waals surface area contributed by atoms with E-state index in [1.54, 1.807) is 0 Å². The Kier molecular flexibility index (Phi) is 3.58. The normalized spacial score (nSPS) is 46.2. The summed E-state index contributed by atoms with van der Waals surface area (Å²) in [5, 5.41) is 37.9. The first-order valence-electron chi connectivity index (χ1n) is 5.75. The van der Waals surface area contributed by atoms with Gasteiger partial charge in [0.1, 0.15) is 6.04 Å². The van der Waals surface area contributed by atoms with E-state index in [4.69, 9.17) is 5.11 Å². The predicted octanol–water partition coefficient (Wildman–Crippen LogP) is -1.30. The first-order chi connectivity index (χ1) is 8.27. The lowest BCUT2D eigenvalue weighted by Crippen LogP contribution is -2.62. The predicted molar refractivity (Wildman–Crippen MR) is 53.6 cm³/mol. The summed E-state index contributed by atoms with van der Waals surface area (Å²) in [5.74, 6) is -1.14. The van der Waals surface area contributed by atoms with Gasteiger partial charge in [-0.3, -0.25) is 4.90 Å². The van der Waals surface area contributed by atoms with Crippen molar-refractivity contribution in [3.63, 3.8) is 0 Å². The van der Waals surface area contributed by atoms with Gasteiger partial charge in [0.2, 0.25) is 0 Å². The van der Waals surface area contributed by atoms with Gasteiger partial charge in [0.15, 0.2) is 0 Å². The summed E-state index contributed by atoms with van der Waals surface area (Å²) >= 11 is 0. The van der Waals surface area contributed by atoms with Crippen LogP contribution in [0.15, 0.2) is 0 Å². The first-order valence-corrected chi connectivity index (χ1v) is 5.75. The fourth-order valence-electron chi connectivity index (χ4n) is 3.10. The number of aliphatic hydroxyl groups is 4. The molecule has 18 heavy (non-hydrogen) atoms. The summed E-state index contributed by atoms with van der Waals surface area (Å²) in [6.07, 6.45) is -8.72. The maximum absolute atomic E-state index is 13.0. The highest BCUT2D eigenvalue weighted by Gasteiger charge is 2.59. The largest absolute Gasteiger partial charge is 0.404 e. The van der Waals surface area contributed by atoms with Crippen molar-refractivity contribution >= 4 is 0 Å². The van der Waals surface area contributed by atoms with Crippen LogP contribution in [0.25, 0.3) is 0 Å². The van der Waals surface area contributed by atoms with Crippen LogP contribution in [0.4, 0.5) is 13.2 Å². The highest BCUT2D eigenvalue weighted by Crippen LogP contribution is 2.41. The van der Waals surface area contributed by atoms with Crippen molar-refractivity contribution in [1.82, 2.24) is 4.90 Å². The molecular formula is C10H16F3NO4. The van der Waals surface area contributed by atoms with Crippen LogP contribution in [0.1, 0.15) is 6.42 Å². The second-order valence-corrected chi connectivity index (χ2v) is 4.98. The number of aliphatic hydroxyl groups excluding tert-OH is 4. The van der Waals surface area contributed by atoms with Gasteiger partial charge in [0.05, 0.1) is 24.4 Å². The number of rotatable bonds is 1. The molecule has 6 atom stereocenters. The Labute approximate surface area is 101 Å². The van der Waals surface area contributed by atoms with Crippen LogP contribution in [-0.4, -0.2) is 75.0 Å². The van der Waals surface area contributed by atoms with Crippen molar-refractivity contribution in [2.75, 3.05) is 13.2 Å². The van der Waals surface area contributed by atoms with Crippen LogP contribution in [-0.2, 0) is 0 Å². The number of piperidine rings is 1. The molecule has 8 heteroatoms. The molecule has 0 bridgehead atoms. The average Bonchev–Trinajstić information content (AvgIpc) is 2.53. The molecule has 2 unspecified atom stereocenters. The minimum Gasteiger partial charge on any atom is -0.396 e. The van der Waals surface area contributed by atoms with Crippen LogP contribution < -0.4 is 0 Å². The molecule has 2 fully saturated rings. The lowest BCUT2D eigenvalue weighted by molar-refractivity contribution is -0.226. The summed E-state index contributed by atoms with van der Waals surface area (Å²) in [6, 6.07) is -3.07. The molecule has 2 heterocycles. The van der Waals surface area contributed by atoms with Gasteiger partial charge in [-0.2, -0.15) is 13.2 Å². The van der Waals surface area contributed by atoms with Gasteiger partial charge >= 0.3 is 6.18 Å². The molecule has 0 aliphatic carbocycles. The van der Waals surface area contributed by atoms with E-state index >= 15 is 0 Å². The number of nitrogens with zero attached hydrogens (tertiary/aromatic N) is 1. The van der Waals surface area contributed by atoms with Crippen LogP contribution in [0, 0.1) is 5.92 Å². The molecule has 0 aromatic carbocycles. The van der Waals surface area contributed by atoms with E-state index in [1.165, 1.54) is 0 Å². The summed E-state index contributed by atoms with van der Waals surface area (Å²) in [4.78, 5) is 0.865. The van der Waals surface area contributed by atoms with E-state index in [9.17, 15) is 28.5 Å². The molecule has 2 rings (SSSR count). The Bertz CT molecular complexity index is 314. The monoisotopic (exact) mass is 271 g/mol. The molecule has 2 aliphatic rings. The summed E-state index contributed by atoms with van der Waals surface area (Å²) in [7, 11) is 0. The molecule has 106 valence electrons. The maximum Gasteiger partial charge on any atom is 0.404 e. The Morgan fingerprint density at radius 2 is 1.72 bits per heavy atom. The van der Waals surface area contributed by atoms with Crippen molar-refractivity contribution in [3.05, 3.63) is 0 Å². The topological polar surface area (TPSA) is 84.2 Å². The Morgan fingerprint density at radius 1 is 1.11 bits per heavy atom. The van der Waals surface area contributed by atoms with Crippen molar-refractivity contribution in [1.29, 1.82) is 0 Å². The highest BCUT2D eigenvalue weighted by molar-refractivity contribution is 5.06. The van der Waals surface area contributed by atoms with E-state index in [2.05, 4.69) is 0 Å². The Hall–Kier alpha value is -0.410. The second kappa shape index (κ2) is 4.61. The van der Waals surface area contributed by atoms with Gasteiger partial charge in [0, 0.05) is 19.1 Å². The molecule has 0 spiro atoms. The molecule has 0 amide bonds. The molecule has 0 aromatic heterocycles. The van der Waals surface area contributed by atoms with E-state index in [0.29, 0.717) is 0 Å². The number of alkyl halides is 3. The van der Waals surface area contributed by atoms with Crippen molar-refractivity contribution in [2.45, 2.75) is 43.0 Å². The SMILES string of the molecule is OCC1C[C@@H](O)[C@@H]2[C@H](O)[C@H](O)CN2C1C(F)(F)F. The molecule has 5 nitrogen and oxygen atoms in total. The van der Waals surface area contributed by atoms with Crippen molar-refractivity contribution < 1.29 is 33.6 Å². The minimum atomic E-state index is -4.57. The Morgan fingerprint density at radius 3 is 2.22 bits per heavy atom. The van der Waals surface area contributed by atoms with Gasteiger partial charge in [-0.1, -0.05) is 0 Å². The highest BCUT2D eigenvalue weighted by atomic mass is 19.4. The molecular weight excluding hydrogens is 255 g/mol. The van der Waals surface area contributed by atoms with Crippen LogP contribution >= 0.6 is 0 Å². The summed E-state index contributed by atoms with van der Waals surface area (Å²) in [6.45, 7) is -1.06. The number of hydrogen-bond donors (Lipinski definition) is 4. The molecule has 2 aliphatic heterocycles. The van der Waals surface area contributed by atoms with E-state index in [1.807, 2.05) is 0 Å². The maximum atomic E-state index is 13.0. The third-order valence-corrected chi connectivity index (χ3v) is 3.84. The lowest BCUT2D eigenvalue weighted by atomic mass is 9.83. The molecule has 0 radical (unpaired) electrons. The molecule has 0 aromatic rings. The van der Waals surface area contributed by atoms with E-state index in [-0.39, 0.29) is 13.0 Å². The first kappa shape index (κ1) is 14.0. The van der Waals surface area contributed by atoms with Crippen molar-refractivity contribution in [3.8, 4) is 0 Å². The fraction of sp³-hybridized carbons (Fsp3) is 1.00. The quantitative estimate of drug-likeness (QED) is 0.476. The number of halogens is 3. The van der Waals surface area contributed by atoms with Crippen LogP contribution in [0.3, 0.4) is 0 Å². The minimum absolute atomic E-state index is 0.244. The lowest BCUT2D eigenvalue weighted by Gasteiger charge is -2.45. The standard InChI is InChI=1S/C10H16F3NO4/c11-10(12,13)9-4(3-15)1-5(16)7-8(18)6(17)2-14(7)9/h4-9,15-18H,1-3H2/t4?,5-,6-,7-,8-,9?/m1/s1. The van der Waals surface area contributed by atoms with E-state index < -0.39 is 49.1 Å². The van der Waals surface area contributed by atoms with Gasteiger partial charge in [-0.25, -0.2) is 0 Å². The van der Waals surface area contributed by atoms with Gasteiger partial charge in [0.25, 0.3) is 0 Å². The summed E-state index contributed by atoms with van der Waals surface area (Å²) in [5.41, 5.74) is 0. The zero-order chi connectivity index (χ0) is 13.7. The third kappa shape index (κ3) is 2.12. The van der Waals surface area contributed by atoms with Gasteiger partial charge in [-0.05, 0) is 6.42 Å². The van der Waals surface area contributed by atoms with Crippen molar-refractivity contribution in [2.24, 2.45) is 5.92 Å².